The van der Waals surface area contributed by atoms with E-state index in [2.05, 4.69) is 20.4 Å². The van der Waals surface area contributed by atoms with Crippen molar-refractivity contribution in [3.05, 3.63) is 0 Å². The van der Waals surface area contributed by atoms with Crippen LogP contribution in [0.4, 0.5) is 4.79 Å². The number of rotatable bonds is 4. The third-order valence-electron chi connectivity index (χ3n) is 3.78. The number of methoxy groups -OCH3 is 1. The highest BCUT2D eigenvalue weighted by Gasteiger charge is 2.33. The van der Waals surface area contributed by atoms with Gasteiger partial charge in [0, 0.05) is 25.7 Å². The summed E-state index contributed by atoms with van der Waals surface area (Å²) in [4.78, 5) is 24.7. The summed E-state index contributed by atoms with van der Waals surface area (Å²) in [5, 5.41) is 2.80. The van der Waals surface area contributed by atoms with E-state index in [1.807, 2.05) is 0 Å². The van der Waals surface area contributed by atoms with E-state index in [9.17, 15) is 9.59 Å². The predicted octanol–water partition coefficient (Wildman–Crippen LogP) is -1.05. The summed E-state index contributed by atoms with van der Waals surface area (Å²) in [5.41, 5.74) is 2.12. The summed E-state index contributed by atoms with van der Waals surface area (Å²) in [6.07, 6.45) is 1.67. The first-order valence-electron chi connectivity index (χ1n) is 6.85. The Morgan fingerprint density at radius 1 is 1.40 bits per heavy atom. The lowest BCUT2D eigenvalue weighted by Crippen LogP contribution is -2.40. The van der Waals surface area contributed by atoms with Gasteiger partial charge in [-0.2, -0.15) is 0 Å². The minimum Gasteiger partial charge on any atom is -0.453 e. The van der Waals surface area contributed by atoms with E-state index in [0.29, 0.717) is 6.42 Å². The van der Waals surface area contributed by atoms with Crippen LogP contribution in [0.3, 0.4) is 0 Å². The van der Waals surface area contributed by atoms with Crippen molar-refractivity contribution in [3.63, 3.8) is 0 Å². The molecule has 8 heteroatoms. The summed E-state index contributed by atoms with van der Waals surface area (Å²) in [6.45, 7) is 2.46. The third-order valence-corrected chi connectivity index (χ3v) is 3.78. The fraction of sp³-hybridized carbons (Fsp3) is 0.833. The van der Waals surface area contributed by atoms with Crippen LogP contribution in [0, 0.1) is 0 Å². The first-order valence-corrected chi connectivity index (χ1v) is 6.85. The lowest BCUT2D eigenvalue weighted by Gasteiger charge is -2.20. The molecule has 20 heavy (non-hydrogen) atoms. The number of carbonyl (C=O) groups excluding carboxylic acids is 2. The van der Waals surface area contributed by atoms with Crippen LogP contribution < -0.4 is 16.6 Å². The number of hydrazine groups is 1. The number of ether oxygens (including phenoxy) is 2. The lowest BCUT2D eigenvalue weighted by molar-refractivity contribution is -0.132. The molecule has 3 atom stereocenters. The maximum absolute atomic E-state index is 11.4. The Balaban J connectivity index is 1.71. The molecule has 0 aromatic heterocycles. The molecule has 2 fully saturated rings. The molecule has 0 bridgehead atoms. The lowest BCUT2D eigenvalue weighted by atomic mass is 10.2. The summed E-state index contributed by atoms with van der Waals surface area (Å²) in [5.74, 6) is 4.83. The van der Waals surface area contributed by atoms with Crippen molar-refractivity contribution in [3.8, 4) is 0 Å². The van der Waals surface area contributed by atoms with Crippen LogP contribution in [0.25, 0.3) is 0 Å². The molecule has 2 aliphatic rings. The van der Waals surface area contributed by atoms with E-state index in [4.69, 9.17) is 10.6 Å². The molecule has 0 spiro atoms. The van der Waals surface area contributed by atoms with Gasteiger partial charge in [0.1, 0.15) is 6.10 Å². The van der Waals surface area contributed by atoms with Gasteiger partial charge in [-0.1, -0.05) is 0 Å². The summed E-state index contributed by atoms with van der Waals surface area (Å²) >= 11 is 0. The van der Waals surface area contributed by atoms with Crippen molar-refractivity contribution >= 4 is 12.0 Å². The largest absolute Gasteiger partial charge is 0.453 e. The Labute approximate surface area is 117 Å². The Morgan fingerprint density at radius 3 is 2.90 bits per heavy atom. The van der Waals surface area contributed by atoms with Crippen molar-refractivity contribution < 1.29 is 19.1 Å². The SMILES string of the molecule is COC(=O)NC1CCN(CC2CCC(C(=O)NN)O2)C1. The molecular weight excluding hydrogens is 264 g/mol. The van der Waals surface area contributed by atoms with Crippen LogP contribution in [-0.4, -0.2) is 61.9 Å². The van der Waals surface area contributed by atoms with Gasteiger partial charge in [0.25, 0.3) is 5.91 Å². The molecule has 0 aromatic carbocycles. The summed E-state index contributed by atoms with van der Waals surface area (Å²) in [7, 11) is 1.36. The second kappa shape index (κ2) is 6.87. The quantitative estimate of drug-likeness (QED) is 0.346. The van der Waals surface area contributed by atoms with Crippen LogP contribution in [0.5, 0.6) is 0 Å². The number of likely N-dealkylation sites (tertiary alicyclic amines) is 1. The molecule has 0 aromatic rings. The maximum Gasteiger partial charge on any atom is 0.407 e. The van der Waals surface area contributed by atoms with Gasteiger partial charge < -0.3 is 14.8 Å². The standard InChI is InChI=1S/C12H22N4O4/c1-19-12(18)14-8-4-5-16(6-8)7-9-2-3-10(20-9)11(17)15-13/h8-10H,2-7,13H2,1H3,(H,14,18)(H,15,17). The van der Waals surface area contributed by atoms with Gasteiger partial charge in [0.05, 0.1) is 13.2 Å². The zero-order chi connectivity index (χ0) is 14.5. The number of nitrogens with zero attached hydrogens (tertiary/aromatic N) is 1. The molecule has 2 heterocycles. The van der Waals surface area contributed by atoms with Gasteiger partial charge in [-0.25, -0.2) is 10.6 Å². The number of hydrogen-bond donors (Lipinski definition) is 3. The van der Waals surface area contributed by atoms with E-state index in [1.165, 1.54) is 7.11 Å². The van der Waals surface area contributed by atoms with E-state index in [-0.39, 0.29) is 18.1 Å². The Hall–Kier alpha value is -1.38. The zero-order valence-corrected chi connectivity index (χ0v) is 11.6. The van der Waals surface area contributed by atoms with Crippen LogP contribution >= 0.6 is 0 Å². The Kier molecular flexibility index (Phi) is 5.16. The molecule has 2 rings (SSSR count). The first kappa shape index (κ1) is 15.0. The van der Waals surface area contributed by atoms with Crippen LogP contribution in [-0.2, 0) is 14.3 Å². The fourth-order valence-electron chi connectivity index (χ4n) is 2.76. The molecule has 2 amide bonds. The van der Waals surface area contributed by atoms with Crippen molar-refractivity contribution in [2.45, 2.75) is 37.5 Å². The molecule has 2 saturated heterocycles. The monoisotopic (exact) mass is 286 g/mol. The molecule has 0 radical (unpaired) electrons. The number of alkyl carbamates (subject to hydrolysis) is 1. The molecule has 8 nitrogen and oxygen atoms in total. The molecular formula is C12H22N4O4. The molecule has 114 valence electrons. The van der Waals surface area contributed by atoms with E-state index in [1.54, 1.807) is 0 Å². The summed E-state index contributed by atoms with van der Waals surface area (Å²) < 4.78 is 10.3. The topological polar surface area (TPSA) is 106 Å². The third kappa shape index (κ3) is 3.81. The highest BCUT2D eigenvalue weighted by Crippen LogP contribution is 2.22. The molecule has 4 N–H and O–H groups in total. The Morgan fingerprint density at radius 2 is 2.20 bits per heavy atom. The van der Waals surface area contributed by atoms with Gasteiger partial charge in [-0.3, -0.25) is 15.1 Å². The minimum atomic E-state index is -0.434. The average Bonchev–Trinajstić information content (AvgIpc) is 3.08. The smallest absolute Gasteiger partial charge is 0.407 e. The van der Waals surface area contributed by atoms with Crippen molar-refractivity contribution in [1.82, 2.24) is 15.6 Å². The van der Waals surface area contributed by atoms with Crippen molar-refractivity contribution in [2.24, 2.45) is 5.84 Å². The number of hydrogen-bond acceptors (Lipinski definition) is 6. The molecule has 2 aliphatic heterocycles. The van der Waals surface area contributed by atoms with Crippen molar-refractivity contribution in [2.75, 3.05) is 26.7 Å². The highest BCUT2D eigenvalue weighted by atomic mass is 16.5. The predicted molar refractivity (Wildman–Crippen MR) is 70.6 cm³/mol. The number of nitrogens with two attached hydrogens (primary N) is 1. The van der Waals surface area contributed by atoms with Gasteiger partial charge in [-0.05, 0) is 19.3 Å². The number of carbonyl (C=O) groups is 2. The number of amides is 2. The second-order valence-corrected chi connectivity index (χ2v) is 5.21. The molecule has 0 saturated carbocycles. The average molecular weight is 286 g/mol. The van der Waals surface area contributed by atoms with Crippen LogP contribution in [0.1, 0.15) is 19.3 Å². The van der Waals surface area contributed by atoms with Gasteiger partial charge in [0.2, 0.25) is 0 Å². The van der Waals surface area contributed by atoms with Crippen LogP contribution in [0.2, 0.25) is 0 Å². The van der Waals surface area contributed by atoms with E-state index < -0.39 is 12.2 Å². The molecule has 3 unspecified atom stereocenters. The number of nitrogens with one attached hydrogen (secondary N) is 2. The second-order valence-electron chi connectivity index (χ2n) is 5.21. The maximum atomic E-state index is 11.4. The van der Waals surface area contributed by atoms with Gasteiger partial charge >= 0.3 is 6.09 Å². The normalized spacial score (nSPS) is 30.2. The van der Waals surface area contributed by atoms with Crippen molar-refractivity contribution in [1.29, 1.82) is 0 Å². The van der Waals surface area contributed by atoms with E-state index in [0.717, 1.165) is 32.5 Å². The first-order chi connectivity index (χ1) is 9.62. The molecule has 0 aliphatic carbocycles. The van der Waals surface area contributed by atoms with Crippen LogP contribution in [0.15, 0.2) is 0 Å². The van der Waals surface area contributed by atoms with Gasteiger partial charge in [-0.15, -0.1) is 0 Å². The minimum absolute atomic E-state index is 0.0502. The zero-order valence-electron chi connectivity index (χ0n) is 11.6. The fourth-order valence-corrected chi connectivity index (χ4v) is 2.76. The highest BCUT2D eigenvalue weighted by molar-refractivity contribution is 5.80. The summed E-state index contributed by atoms with van der Waals surface area (Å²) in [6, 6.07) is 0.118. The Bertz CT molecular complexity index is 365. The van der Waals surface area contributed by atoms with Gasteiger partial charge in [0.15, 0.2) is 0 Å². The van der Waals surface area contributed by atoms with E-state index >= 15 is 0 Å².